The second-order valence-corrected chi connectivity index (χ2v) is 4.48. The van der Waals surface area contributed by atoms with Crippen LogP contribution in [-0.2, 0) is 0 Å². The van der Waals surface area contributed by atoms with Gasteiger partial charge in [0.05, 0.1) is 31.0 Å². The van der Waals surface area contributed by atoms with Crippen LogP contribution in [0.15, 0.2) is 0 Å². The third-order valence-electron chi connectivity index (χ3n) is 3.80. The van der Waals surface area contributed by atoms with Crippen LogP contribution in [0.4, 0.5) is 0 Å². The molecule has 0 aliphatic carbocycles. The van der Waals surface area contributed by atoms with E-state index >= 15 is 0 Å². The summed E-state index contributed by atoms with van der Waals surface area (Å²) in [6, 6.07) is -0.426. The van der Waals surface area contributed by atoms with E-state index in [0.717, 1.165) is 0 Å². The number of hydrogen-bond acceptors (Lipinski definition) is 6. The van der Waals surface area contributed by atoms with Crippen molar-refractivity contribution >= 4 is 0 Å². The zero-order valence-electron chi connectivity index (χ0n) is 8.24. The molecule has 0 aromatic rings. The van der Waals surface area contributed by atoms with Crippen LogP contribution in [0, 0.1) is 5.92 Å². The summed E-state index contributed by atoms with van der Waals surface area (Å²) in [4.78, 5) is 0. The Hall–Kier alpha value is -0.240. The summed E-state index contributed by atoms with van der Waals surface area (Å²) in [5.74, 6) is -0.661. The zero-order valence-corrected chi connectivity index (χ0v) is 8.24. The molecule has 0 aromatic carbocycles. The lowest BCUT2D eigenvalue weighted by Crippen LogP contribution is -2.65. The molecule has 6 atom stereocenters. The predicted molar refractivity (Wildman–Crippen MR) is 50.0 cm³/mol. The van der Waals surface area contributed by atoms with Crippen LogP contribution >= 0.6 is 0 Å². The number of piperidine rings is 1. The third-order valence-corrected chi connectivity index (χ3v) is 3.80. The van der Waals surface area contributed by atoms with Crippen LogP contribution in [0.2, 0.25) is 0 Å². The Morgan fingerprint density at radius 1 is 1.20 bits per heavy atom. The van der Waals surface area contributed by atoms with Crippen molar-refractivity contribution in [3.8, 4) is 0 Å². The highest BCUT2D eigenvalue weighted by Gasteiger charge is 2.61. The number of aliphatic hydroxyl groups is 5. The maximum atomic E-state index is 9.84. The van der Waals surface area contributed by atoms with Crippen LogP contribution < -0.4 is 5.32 Å². The average molecular weight is 219 g/mol. The molecule has 2 heterocycles. The Labute approximate surface area is 87.2 Å². The van der Waals surface area contributed by atoms with Crippen molar-refractivity contribution in [3.63, 3.8) is 0 Å². The molecule has 2 aliphatic rings. The van der Waals surface area contributed by atoms with E-state index in [0.29, 0.717) is 0 Å². The van der Waals surface area contributed by atoms with E-state index in [1.54, 1.807) is 0 Å². The summed E-state index contributed by atoms with van der Waals surface area (Å²) in [6.07, 6.45) is -2.73. The van der Waals surface area contributed by atoms with Gasteiger partial charge in [-0.05, 0) is 6.42 Å². The maximum Gasteiger partial charge on any atom is 0.102 e. The molecular formula is C9H17NO5. The van der Waals surface area contributed by atoms with Gasteiger partial charge < -0.3 is 30.8 Å². The summed E-state index contributed by atoms with van der Waals surface area (Å²) in [5, 5.41) is 50.7. The van der Waals surface area contributed by atoms with Gasteiger partial charge in [0.15, 0.2) is 0 Å². The molecule has 2 aliphatic heterocycles. The molecule has 2 saturated heterocycles. The Balaban J connectivity index is 2.35. The fourth-order valence-corrected chi connectivity index (χ4v) is 2.87. The molecule has 88 valence electrons. The lowest BCUT2D eigenvalue weighted by atomic mass is 9.77. The van der Waals surface area contributed by atoms with Crippen molar-refractivity contribution in [2.24, 2.45) is 5.92 Å². The molecule has 2 bridgehead atoms. The Kier molecular flexibility index (Phi) is 2.74. The van der Waals surface area contributed by atoms with Gasteiger partial charge in [-0.25, -0.2) is 0 Å². The normalized spacial score (nSPS) is 54.6. The summed E-state index contributed by atoms with van der Waals surface area (Å²) < 4.78 is 0. The number of hydrogen-bond donors (Lipinski definition) is 6. The van der Waals surface area contributed by atoms with Gasteiger partial charge in [-0.3, -0.25) is 0 Å². The number of fused-ring (bicyclic) bond motifs is 2. The molecule has 6 nitrogen and oxygen atoms in total. The quantitative estimate of drug-likeness (QED) is 0.291. The van der Waals surface area contributed by atoms with Crippen molar-refractivity contribution < 1.29 is 25.5 Å². The largest absolute Gasteiger partial charge is 0.396 e. The van der Waals surface area contributed by atoms with E-state index in [-0.39, 0.29) is 13.0 Å². The molecule has 0 amide bonds. The van der Waals surface area contributed by atoms with Crippen LogP contribution in [0.3, 0.4) is 0 Å². The van der Waals surface area contributed by atoms with E-state index in [2.05, 4.69) is 5.32 Å². The summed E-state index contributed by atoms with van der Waals surface area (Å²) >= 11 is 0. The van der Waals surface area contributed by atoms with Gasteiger partial charge in [0.2, 0.25) is 0 Å². The Bertz CT molecular complexity index is 251. The molecule has 15 heavy (non-hydrogen) atoms. The number of nitrogens with one attached hydrogen (secondary N) is 1. The summed E-state index contributed by atoms with van der Waals surface area (Å²) in [5.41, 5.74) is -1.18. The minimum atomic E-state index is -1.18. The molecule has 0 aromatic heterocycles. The van der Waals surface area contributed by atoms with E-state index < -0.39 is 42.4 Å². The first kappa shape index (κ1) is 11.3. The Morgan fingerprint density at radius 3 is 2.40 bits per heavy atom. The van der Waals surface area contributed by atoms with Crippen LogP contribution in [0.25, 0.3) is 0 Å². The van der Waals surface area contributed by atoms with E-state index in [1.807, 2.05) is 0 Å². The second kappa shape index (κ2) is 3.65. The molecule has 0 unspecified atom stereocenters. The third kappa shape index (κ3) is 1.33. The van der Waals surface area contributed by atoms with Crippen molar-refractivity contribution in [1.82, 2.24) is 5.32 Å². The summed E-state index contributed by atoms with van der Waals surface area (Å²) in [7, 11) is 0. The predicted octanol–water partition coefficient (Wildman–Crippen LogP) is -3.22. The highest BCUT2D eigenvalue weighted by molar-refractivity contribution is 5.17. The molecule has 0 saturated carbocycles. The van der Waals surface area contributed by atoms with Crippen molar-refractivity contribution in [1.29, 1.82) is 0 Å². The molecule has 6 heteroatoms. The SMILES string of the molecule is OC[C@@H]1[C@H](O)C[C@@H]2N[C@@]1(CO)[C@H](O)[C@H]2O. The van der Waals surface area contributed by atoms with Gasteiger partial charge in [-0.1, -0.05) is 0 Å². The van der Waals surface area contributed by atoms with Gasteiger partial charge in [0, 0.05) is 12.0 Å². The monoisotopic (exact) mass is 219 g/mol. The lowest BCUT2D eigenvalue weighted by Gasteiger charge is -2.43. The molecule has 2 rings (SSSR count). The molecule has 2 fully saturated rings. The van der Waals surface area contributed by atoms with Gasteiger partial charge in [0.25, 0.3) is 0 Å². The first-order valence-electron chi connectivity index (χ1n) is 5.10. The molecule has 0 radical (unpaired) electrons. The van der Waals surface area contributed by atoms with Gasteiger partial charge >= 0.3 is 0 Å². The van der Waals surface area contributed by atoms with Gasteiger partial charge in [-0.15, -0.1) is 0 Å². The standard InChI is InChI=1S/C9H17NO5/c11-2-4-6(13)1-5-7(14)8(15)9(4,3-12)10-5/h4-8,10-15H,1-3H2/t4-,5+,6-,7+,8-,9-/m1/s1. The number of aliphatic hydroxyl groups excluding tert-OH is 5. The first-order valence-corrected chi connectivity index (χ1v) is 5.10. The average Bonchev–Trinajstić information content (AvgIpc) is 2.43. The number of rotatable bonds is 2. The fraction of sp³-hybridized carbons (Fsp3) is 1.00. The van der Waals surface area contributed by atoms with E-state index in [9.17, 15) is 25.5 Å². The van der Waals surface area contributed by atoms with Crippen molar-refractivity contribution in [2.45, 2.75) is 36.3 Å². The van der Waals surface area contributed by atoms with E-state index in [4.69, 9.17) is 0 Å². The van der Waals surface area contributed by atoms with Gasteiger partial charge in [0.1, 0.15) is 6.10 Å². The van der Waals surface area contributed by atoms with Crippen molar-refractivity contribution in [3.05, 3.63) is 0 Å². The lowest BCUT2D eigenvalue weighted by molar-refractivity contribution is -0.0773. The van der Waals surface area contributed by atoms with Crippen molar-refractivity contribution in [2.75, 3.05) is 13.2 Å². The topological polar surface area (TPSA) is 113 Å². The zero-order chi connectivity index (χ0) is 11.2. The van der Waals surface area contributed by atoms with Crippen LogP contribution in [-0.4, -0.2) is 68.6 Å². The minimum absolute atomic E-state index is 0.269. The molecule has 6 N–H and O–H groups in total. The first-order chi connectivity index (χ1) is 7.06. The molecular weight excluding hydrogens is 202 g/mol. The highest BCUT2D eigenvalue weighted by atomic mass is 16.3. The maximum absolute atomic E-state index is 9.84. The Morgan fingerprint density at radius 2 is 1.87 bits per heavy atom. The van der Waals surface area contributed by atoms with Gasteiger partial charge in [-0.2, -0.15) is 0 Å². The second-order valence-electron chi connectivity index (χ2n) is 4.48. The smallest absolute Gasteiger partial charge is 0.102 e. The van der Waals surface area contributed by atoms with Crippen LogP contribution in [0.5, 0.6) is 0 Å². The minimum Gasteiger partial charge on any atom is -0.396 e. The van der Waals surface area contributed by atoms with Crippen LogP contribution in [0.1, 0.15) is 6.42 Å². The van der Waals surface area contributed by atoms with E-state index in [1.165, 1.54) is 0 Å². The summed E-state index contributed by atoms with van der Waals surface area (Å²) in [6.45, 7) is -0.769. The fourth-order valence-electron chi connectivity index (χ4n) is 2.87. The highest BCUT2D eigenvalue weighted by Crippen LogP contribution is 2.40. The molecule has 0 spiro atoms.